The van der Waals surface area contributed by atoms with E-state index in [1.807, 2.05) is 38.1 Å². The summed E-state index contributed by atoms with van der Waals surface area (Å²) >= 11 is 1.30. The van der Waals surface area contributed by atoms with Crippen molar-refractivity contribution < 1.29 is 19.1 Å². The summed E-state index contributed by atoms with van der Waals surface area (Å²) in [7, 11) is 0. The third-order valence-corrected chi connectivity index (χ3v) is 5.04. The Hall–Kier alpha value is -3.06. The van der Waals surface area contributed by atoms with E-state index < -0.39 is 5.97 Å². The molecule has 0 unspecified atom stereocenters. The Labute approximate surface area is 180 Å². The number of nitrogens with zero attached hydrogens (tertiary/aromatic N) is 1. The van der Waals surface area contributed by atoms with Crippen LogP contribution in [0.3, 0.4) is 0 Å². The predicted molar refractivity (Wildman–Crippen MR) is 120 cm³/mol. The van der Waals surface area contributed by atoms with Crippen LogP contribution in [-0.2, 0) is 14.3 Å². The van der Waals surface area contributed by atoms with Crippen LogP contribution in [0.4, 0.5) is 5.69 Å². The molecular formula is C23H24N2O4S. The number of esters is 1. The number of nitrogens with one attached hydrogen (secondary N) is 1. The molecule has 7 heteroatoms. The topological polar surface area (TPSA) is 77.0 Å². The van der Waals surface area contributed by atoms with Gasteiger partial charge in [-0.25, -0.2) is 9.79 Å². The van der Waals surface area contributed by atoms with Crippen molar-refractivity contribution in [1.82, 2.24) is 5.32 Å². The largest absolute Gasteiger partial charge is 0.482 e. The minimum atomic E-state index is -0.411. The van der Waals surface area contributed by atoms with Crippen molar-refractivity contribution >= 4 is 40.6 Å². The van der Waals surface area contributed by atoms with E-state index in [4.69, 9.17) is 9.47 Å². The van der Waals surface area contributed by atoms with Crippen molar-refractivity contribution in [3.8, 4) is 5.75 Å². The summed E-state index contributed by atoms with van der Waals surface area (Å²) in [6.07, 6.45) is 1.62. The lowest BCUT2D eigenvalue weighted by Crippen LogP contribution is -2.19. The van der Waals surface area contributed by atoms with Crippen LogP contribution in [0.2, 0.25) is 0 Å². The SMILES string of the molecule is Cc1ccc(N=C2NC(=O)/C(=C/c3ccc(OCC(=O)OC(C)C)cc3)S2)c(C)c1. The quantitative estimate of drug-likeness (QED) is 0.545. The summed E-state index contributed by atoms with van der Waals surface area (Å²) in [5.41, 5.74) is 3.91. The zero-order valence-corrected chi connectivity index (χ0v) is 18.2. The molecule has 1 saturated heterocycles. The molecule has 0 aromatic heterocycles. The molecule has 2 aromatic carbocycles. The number of ether oxygens (including phenoxy) is 2. The van der Waals surface area contributed by atoms with Crippen molar-refractivity contribution in [2.75, 3.05) is 6.61 Å². The Morgan fingerprint density at radius 3 is 2.57 bits per heavy atom. The number of carbonyl (C=O) groups is 2. The van der Waals surface area contributed by atoms with Gasteiger partial charge in [-0.1, -0.05) is 29.8 Å². The molecule has 0 atom stereocenters. The summed E-state index contributed by atoms with van der Waals surface area (Å²) in [4.78, 5) is 29.0. The Balaban J connectivity index is 1.64. The Morgan fingerprint density at radius 1 is 1.17 bits per heavy atom. The van der Waals surface area contributed by atoms with Gasteiger partial charge in [0, 0.05) is 0 Å². The van der Waals surface area contributed by atoms with Gasteiger partial charge < -0.3 is 14.8 Å². The van der Waals surface area contributed by atoms with Crippen LogP contribution in [0.1, 0.15) is 30.5 Å². The number of aryl methyl sites for hydroxylation is 2. The highest BCUT2D eigenvalue weighted by molar-refractivity contribution is 8.18. The molecule has 2 aromatic rings. The number of rotatable bonds is 6. The molecule has 0 saturated carbocycles. The zero-order chi connectivity index (χ0) is 21.7. The number of hydrogen-bond acceptors (Lipinski definition) is 6. The molecule has 0 bridgehead atoms. The predicted octanol–water partition coefficient (Wildman–Crippen LogP) is 4.53. The highest BCUT2D eigenvalue weighted by atomic mass is 32.2. The van der Waals surface area contributed by atoms with Crippen molar-refractivity contribution in [3.05, 3.63) is 64.1 Å². The molecule has 30 heavy (non-hydrogen) atoms. The highest BCUT2D eigenvalue weighted by Crippen LogP contribution is 2.29. The smallest absolute Gasteiger partial charge is 0.344 e. The standard InChI is InChI=1S/C23H24N2O4S/c1-14(2)29-21(26)13-28-18-8-6-17(7-9-18)12-20-22(27)25-23(30-20)24-19-10-5-15(3)11-16(19)4/h5-12,14H,13H2,1-4H3,(H,24,25,27)/b20-12-. The van der Waals surface area contributed by atoms with Gasteiger partial charge in [-0.15, -0.1) is 0 Å². The lowest BCUT2D eigenvalue weighted by molar-refractivity contribution is -0.149. The number of amidine groups is 1. The van der Waals surface area contributed by atoms with E-state index in [2.05, 4.69) is 16.4 Å². The summed E-state index contributed by atoms with van der Waals surface area (Å²) in [5.74, 6) is -0.0374. The lowest BCUT2D eigenvalue weighted by Gasteiger charge is -2.09. The van der Waals surface area contributed by atoms with Crippen LogP contribution in [0, 0.1) is 13.8 Å². The molecule has 1 aliphatic rings. The van der Waals surface area contributed by atoms with Crippen LogP contribution in [0.15, 0.2) is 52.4 Å². The van der Waals surface area contributed by atoms with Gasteiger partial charge in [0.1, 0.15) is 5.75 Å². The van der Waals surface area contributed by atoms with Gasteiger partial charge in [-0.2, -0.15) is 0 Å². The Bertz CT molecular complexity index is 1010. The summed E-state index contributed by atoms with van der Waals surface area (Å²) in [6, 6.07) is 13.1. The number of aliphatic imine (C=N–C) groups is 1. The van der Waals surface area contributed by atoms with E-state index in [-0.39, 0.29) is 18.6 Å². The molecule has 1 fully saturated rings. The molecule has 1 heterocycles. The molecule has 1 amide bonds. The van der Waals surface area contributed by atoms with E-state index in [0.29, 0.717) is 15.8 Å². The fourth-order valence-corrected chi connectivity index (χ4v) is 3.61. The Kier molecular flexibility index (Phi) is 6.95. The Morgan fingerprint density at radius 2 is 1.90 bits per heavy atom. The van der Waals surface area contributed by atoms with Crippen molar-refractivity contribution in [2.24, 2.45) is 4.99 Å². The van der Waals surface area contributed by atoms with Crippen LogP contribution in [0.25, 0.3) is 6.08 Å². The third-order valence-electron chi connectivity index (χ3n) is 4.13. The van der Waals surface area contributed by atoms with Gasteiger partial charge >= 0.3 is 5.97 Å². The fraction of sp³-hybridized carbons (Fsp3) is 0.261. The molecule has 0 spiro atoms. The van der Waals surface area contributed by atoms with Gasteiger partial charge in [-0.3, -0.25) is 4.79 Å². The molecule has 0 radical (unpaired) electrons. The number of benzene rings is 2. The summed E-state index contributed by atoms with van der Waals surface area (Å²) < 4.78 is 10.4. The first-order valence-corrected chi connectivity index (χ1v) is 10.4. The van der Waals surface area contributed by atoms with Crippen molar-refractivity contribution in [1.29, 1.82) is 0 Å². The zero-order valence-electron chi connectivity index (χ0n) is 17.4. The molecule has 3 rings (SSSR count). The van der Waals surface area contributed by atoms with E-state index in [0.717, 1.165) is 16.8 Å². The first-order valence-electron chi connectivity index (χ1n) is 9.59. The second-order valence-electron chi connectivity index (χ2n) is 7.17. The fourth-order valence-electron chi connectivity index (χ4n) is 2.77. The number of thioether (sulfide) groups is 1. The van der Waals surface area contributed by atoms with Gasteiger partial charge in [-0.05, 0) is 74.9 Å². The third kappa shape index (κ3) is 5.97. The number of carbonyl (C=O) groups excluding carboxylic acids is 2. The minimum Gasteiger partial charge on any atom is -0.482 e. The highest BCUT2D eigenvalue weighted by Gasteiger charge is 2.24. The molecular weight excluding hydrogens is 400 g/mol. The maximum absolute atomic E-state index is 12.3. The molecule has 6 nitrogen and oxygen atoms in total. The minimum absolute atomic E-state index is 0.144. The second kappa shape index (κ2) is 9.63. The average Bonchev–Trinajstić information content (AvgIpc) is 3.02. The van der Waals surface area contributed by atoms with Crippen LogP contribution < -0.4 is 10.1 Å². The van der Waals surface area contributed by atoms with Crippen LogP contribution in [0.5, 0.6) is 5.75 Å². The van der Waals surface area contributed by atoms with E-state index >= 15 is 0 Å². The molecule has 156 valence electrons. The summed E-state index contributed by atoms with van der Waals surface area (Å²) in [5, 5.41) is 3.36. The first kappa shape index (κ1) is 21.6. The van der Waals surface area contributed by atoms with Gasteiger partial charge in [0.15, 0.2) is 11.8 Å². The molecule has 0 aliphatic carbocycles. The lowest BCUT2D eigenvalue weighted by atomic mass is 10.1. The van der Waals surface area contributed by atoms with E-state index in [1.165, 1.54) is 17.3 Å². The van der Waals surface area contributed by atoms with Crippen molar-refractivity contribution in [3.63, 3.8) is 0 Å². The molecule has 1 aliphatic heterocycles. The first-order chi connectivity index (χ1) is 14.3. The van der Waals surface area contributed by atoms with E-state index in [1.54, 1.807) is 32.1 Å². The normalized spacial score (nSPS) is 16.2. The van der Waals surface area contributed by atoms with Crippen molar-refractivity contribution in [2.45, 2.75) is 33.8 Å². The van der Waals surface area contributed by atoms with Gasteiger partial charge in [0.2, 0.25) is 0 Å². The maximum Gasteiger partial charge on any atom is 0.344 e. The monoisotopic (exact) mass is 424 g/mol. The van der Waals surface area contributed by atoms with Gasteiger partial charge in [0.05, 0.1) is 16.7 Å². The number of hydrogen-bond donors (Lipinski definition) is 1. The summed E-state index contributed by atoms with van der Waals surface area (Å²) in [6.45, 7) is 7.46. The number of amides is 1. The van der Waals surface area contributed by atoms with Gasteiger partial charge in [0.25, 0.3) is 5.91 Å². The van der Waals surface area contributed by atoms with Crippen LogP contribution >= 0.6 is 11.8 Å². The van der Waals surface area contributed by atoms with E-state index in [9.17, 15) is 9.59 Å². The maximum atomic E-state index is 12.3. The van der Waals surface area contributed by atoms with Crippen LogP contribution in [-0.4, -0.2) is 29.8 Å². The second-order valence-corrected chi connectivity index (χ2v) is 8.20. The molecule has 1 N–H and O–H groups in total. The average molecular weight is 425 g/mol.